The number of nitrogens with zero attached hydrogens (tertiary/aromatic N) is 2. The minimum absolute atomic E-state index is 0.0190. The Hall–Kier alpha value is -3.42. The molecule has 8 heteroatoms. The number of carbonyl (C=O) groups excluding carboxylic acids is 1. The third-order valence-corrected chi connectivity index (χ3v) is 5.16. The molecule has 5 nitrogen and oxygen atoms in total. The molecule has 0 aliphatic carbocycles. The summed E-state index contributed by atoms with van der Waals surface area (Å²) in [6.45, 7) is 3.48. The monoisotopic (exact) mass is 458 g/mol. The number of ether oxygens (including phenoxy) is 2. The average Bonchev–Trinajstić information content (AvgIpc) is 2.83. The van der Waals surface area contributed by atoms with Crippen LogP contribution in [-0.4, -0.2) is 40.6 Å². The van der Waals surface area contributed by atoms with E-state index in [1.54, 1.807) is 67.8 Å². The van der Waals surface area contributed by atoms with E-state index in [2.05, 4.69) is 9.97 Å². The summed E-state index contributed by atoms with van der Waals surface area (Å²) in [5, 5.41) is 0. The van der Waals surface area contributed by atoms with Crippen molar-refractivity contribution in [3.8, 4) is 34.0 Å². The smallest absolute Gasteiger partial charge is 0.348 e. The summed E-state index contributed by atoms with van der Waals surface area (Å²) in [6, 6.07) is 13.4. The molecule has 0 fully saturated rings. The van der Waals surface area contributed by atoms with Gasteiger partial charge in [0.1, 0.15) is 24.3 Å². The maximum absolute atomic E-state index is 14.0. The van der Waals surface area contributed by atoms with Gasteiger partial charge in [0.15, 0.2) is 12.0 Å². The number of esters is 1. The van der Waals surface area contributed by atoms with Crippen molar-refractivity contribution in [2.75, 3.05) is 6.61 Å². The van der Waals surface area contributed by atoms with Crippen molar-refractivity contribution < 1.29 is 27.4 Å². The highest BCUT2D eigenvalue weighted by molar-refractivity contribution is 5.81. The van der Waals surface area contributed by atoms with Crippen molar-refractivity contribution in [2.24, 2.45) is 0 Å². The molecule has 33 heavy (non-hydrogen) atoms. The van der Waals surface area contributed by atoms with Crippen molar-refractivity contribution in [3.63, 3.8) is 0 Å². The molecule has 1 heterocycles. The summed E-state index contributed by atoms with van der Waals surface area (Å²) in [4.78, 5) is 20.6. The summed E-state index contributed by atoms with van der Waals surface area (Å²) in [7, 11) is 0. The van der Waals surface area contributed by atoms with Gasteiger partial charge in [0.05, 0.1) is 5.56 Å². The molecule has 0 aliphatic rings. The standard InChI is InChI=1S/C25H25F3N2O3/c1-4-25(3,28)24(31)33-19-11-9-17(10-12-19)18-13-29-23(30-14-18)20-7-5-6-8-22(20)32-15-21(27)16(2)26/h5-14,16,21H,4,15H2,1-3H3. The SMILES string of the molecule is CCC(C)(F)C(=O)Oc1ccc(-c2cnc(-c3ccccc3OCC(F)C(C)F)nc2)cc1. The van der Waals surface area contributed by atoms with Crippen molar-refractivity contribution in [1.29, 1.82) is 0 Å². The van der Waals surface area contributed by atoms with Crippen LogP contribution >= 0.6 is 0 Å². The minimum Gasteiger partial charge on any atom is -0.490 e. The maximum atomic E-state index is 14.0. The second-order valence-corrected chi connectivity index (χ2v) is 7.76. The summed E-state index contributed by atoms with van der Waals surface area (Å²) in [5.41, 5.74) is -0.0248. The molecule has 0 aliphatic heterocycles. The molecule has 2 aromatic carbocycles. The van der Waals surface area contributed by atoms with Gasteiger partial charge in [-0.2, -0.15) is 0 Å². The molecule has 174 valence electrons. The molecule has 0 saturated heterocycles. The predicted octanol–water partition coefficient (Wildman–Crippen LogP) is 5.93. The van der Waals surface area contributed by atoms with Crippen LogP contribution in [0.25, 0.3) is 22.5 Å². The first kappa shape index (κ1) is 24.2. The van der Waals surface area contributed by atoms with E-state index in [0.29, 0.717) is 22.7 Å². The van der Waals surface area contributed by atoms with Crippen molar-refractivity contribution >= 4 is 5.97 Å². The summed E-state index contributed by atoms with van der Waals surface area (Å²) in [5.74, 6) is 0.0156. The largest absolute Gasteiger partial charge is 0.490 e. The van der Waals surface area contributed by atoms with Gasteiger partial charge in [-0.05, 0) is 50.1 Å². The highest BCUT2D eigenvalue weighted by Crippen LogP contribution is 2.29. The van der Waals surface area contributed by atoms with E-state index < -0.39 is 30.6 Å². The number of aromatic nitrogens is 2. The fourth-order valence-corrected chi connectivity index (χ4v) is 2.77. The molecule has 3 atom stereocenters. The van der Waals surface area contributed by atoms with Gasteiger partial charge in [-0.15, -0.1) is 0 Å². The van der Waals surface area contributed by atoms with Crippen LogP contribution < -0.4 is 9.47 Å². The van der Waals surface area contributed by atoms with E-state index in [9.17, 15) is 18.0 Å². The van der Waals surface area contributed by atoms with E-state index in [-0.39, 0.29) is 12.2 Å². The fourth-order valence-electron chi connectivity index (χ4n) is 2.77. The third-order valence-electron chi connectivity index (χ3n) is 5.16. The van der Waals surface area contributed by atoms with Crippen molar-refractivity contribution in [2.45, 2.75) is 45.2 Å². The number of halogens is 3. The van der Waals surface area contributed by atoms with Gasteiger partial charge >= 0.3 is 5.97 Å². The van der Waals surface area contributed by atoms with Crippen LogP contribution in [0.2, 0.25) is 0 Å². The summed E-state index contributed by atoms with van der Waals surface area (Å²) in [6.07, 6.45) is -0.125. The number of benzene rings is 2. The minimum atomic E-state index is -2.04. The lowest BCUT2D eigenvalue weighted by Crippen LogP contribution is -2.33. The lowest BCUT2D eigenvalue weighted by molar-refractivity contribution is -0.146. The van der Waals surface area contributed by atoms with Gasteiger partial charge in [-0.25, -0.2) is 27.9 Å². The normalized spacial score (nSPS) is 14.7. The van der Waals surface area contributed by atoms with Crippen LogP contribution in [0, 0.1) is 0 Å². The van der Waals surface area contributed by atoms with Gasteiger partial charge in [-0.1, -0.05) is 31.2 Å². The zero-order valence-electron chi connectivity index (χ0n) is 18.6. The topological polar surface area (TPSA) is 61.3 Å². The molecule has 1 aromatic heterocycles. The van der Waals surface area contributed by atoms with Crippen LogP contribution in [0.15, 0.2) is 60.9 Å². The first-order chi connectivity index (χ1) is 15.7. The molecule has 3 rings (SSSR count). The van der Waals surface area contributed by atoms with Gasteiger partial charge in [0.2, 0.25) is 5.67 Å². The first-order valence-corrected chi connectivity index (χ1v) is 10.5. The molecule has 0 radical (unpaired) electrons. The van der Waals surface area contributed by atoms with E-state index in [1.165, 1.54) is 6.92 Å². The summed E-state index contributed by atoms with van der Waals surface area (Å²) < 4.78 is 51.2. The Bertz CT molecular complexity index is 1070. The van der Waals surface area contributed by atoms with Crippen LogP contribution in [-0.2, 0) is 4.79 Å². The van der Waals surface area contributed by atoms with Crippen LogP contribution in [0.5, 0.6) is 11.5 Å². The predicted molar refractivity (Wildman–Crippen MR) is 119 cm³/mol. The maximum Gasteiger partial charge on any atom is 0.348 e. The van der Waals surface area contributed by atoms with E-state index in [1.807, 2.05) is 0 Å². The molecular weight excluding hydrogens is 433 g/mol. The number of rotatable bonds is 9. The molecule has 0 amide bonds. The van der Waals surface area contributed by atoms with E-state index >= 15 is 0 Å². The lowest BCUT2D eigenvalue weighted by atomic mass is 10.1. The molecule has 0 saturated carbocycles. The molecule has 0 N–H and O–H groups in total. The zero-order valence-corrected chi connectivity index (χ0v) is 18.6. The average molecular weight is 458 g/mol. The quantitative estimate of drug-likeness (QED) is 0.294. The Morgan fingerprint density at radius 3 is 2.27 bits per heavy atom. The Morgan fingerprint density at radius 1 is 1.03 bits per heavy atom. The Kier molecular flexibility index (Phi) is 7.68. The second-order valence-electron chi connectivity index (χ2n) is 7.76. The van der Waals surface area contributed by atoms with Crippen molar-refractivity contribution in [3.05, 3.63) is 60.9 Å². The van der Waals surface area contributed by atoms with Crippen LogP contribution in [0.3, 0.4) is 0 Å². The molecule has 0 bridgehead atoms. The highest BCUT2D eigenvalue weighted by atomic mass is 19.2. The number of carbonyl (C=O) groups is 1. The molecule has 0 spiro atoms. The first-order valence-electron chi connectivity index (χ1n) is 10.5. The van der Waals surface area contributed by atoms with Crippen molar-refractivity contribution in [1.82, 2.24) is 9.97 Å². The van der Waals surface area contributed by atoms with E-state index in [4.69, 9.17) is 9.47 Å². The van der Waals surface area contributed by atoms with Crippen LogP contribution in [0.1, 0.15) is 27.2 Å². The Morgan fingerprint density at radius 2 is 1.67 bits per heavy atom. The van der Waals surface area contributed by atoms with Crippen LogP contribution in [0.4, 0.5) is 13.2 Å². The Balaban J connectivity index is 1.73. The number of hydrogen-bond acceptors (Lipinski definition) is 5. The number of para-hydroxylation sites is 1. The number of hydrogen-bond donors (Lipinski definition) is 0. The zero-order chi connectivity index (χ0) is 24.0. The third kappa shape index (κ3) is 6.09. The molecular formula is C25H25F3N2O3. The van der Waals surface area contributed by atoms with Gasteiger partial charge in [-0.3, -0.25) is 0 Å². The van der Waals surface area contributed by atoms with E-state index in [0.717, 1.165) is 12.5 Å². The fraction of sp³-hybridized carbons (Fsp3) is 0.320. The van der Waals surface area contributed by atoms with Gasteiger partial charge in [0.25, 0.3) is 0 Å². The highest BCUT2D eigenvalue weighted by Gasteiger charge is 2.33. The number of alkyl halides is 3. The molecule has 3 aromatic rings. The Labute approximate surface area is 190 Å². The summed E-state index contributed by atoms with van der Waals surface area (Å²) >= 11 is 0. The molecule has 3 unspecified atom stereocenters. The second kappa shape index (κ2) is 10.5. The lowest BCUT2D eigenvalue weighted by Gasteiger charge is -2.16. The van der Waals surface area contributed by atoms with Gasteiger partial charge < -0.3 is 9.47 Å². The van der Waals surface area contributed by atoms with Gasteiger partial charge in [0, 0.05) is 18.0 Å².